The van der Waals surface area contributed by atoms with Crippen LogP contribution in [0.25, 0.3) is 0 Å². The summed E-state index contributed by atoms with van der Waals surface area (Å²) >= 11 is 0. The molecule has 1 aromatic rings. The molecule has 1 aliphatic carbocycles. The van der Waals surface area contributed by atoms with E-state index >= 15 is 0 Å². The van der Waals surface area contributed by atoms with Gasteiger partial charge in [0.2, 0.25) is 0 Å². The Morgan fingerprint density at radius 2 is 1.80 bits per heavy atom. The highest BCUT2D eigenvalue weighted by atomic mass is 19.2. The van der Waals surface area contributed by atoms with E-state index in [1.165, 1.54) is 6.07 Å². The van der Waals surface area contributed by atoms with Gasteiger partial charge in [0.05, 0.1) is 11.6 Å². The molecule has 112 valence electrons. The topological polar surface area (TPSA) is 23.5 Å². The molecule has 1 N–H and O–H groups in total. The summed E-state index contributed by atoms with van der Waals surface area (Å²) in [5, 5.41) is 10.7. The van der Waals surface area contributed by atoms with E-state index in [9.17, 15) is 13.9 Å². The number of halogens is 2. The van der Waals surface area contributed by atoms with E-state index in [1.807, 2.05) is 19.0 Å². The largest absolute Gasteiger partial charge is 0.386 e. The average Bonchev–Trinajstić information content (AvgIpc) is 2.42. The molecular weight excluding hydrogens is 260 g/mol. The summed E-state index contributed by atoms with van der Waals surface area (Å²) in [6, 6.07) is 3.68. The summed E-state index contributed by atoms with van der Waals surface area (Å²) in [6.45, 7) is 2.21. The first-order valence-corrected chi connectivity index (χ1v) is 7.17. The fourth-order valence-corrected chi connectivity index (χ4v) is 3.22. The van der Waals surface area contributed by atoms with E-state index in [1.54, 1.807) is 0 Å². The van der Waals surface area contributed by atoms with Crippen molar-refractivity contribution >= 4 is 0 Å². The first-order chi connectivity index (χ1) is 9.36. The lowest BCUT2D eigenvalue weighted by molar-refractivity contribution is -0.0409. The van der Waals surface area contributed by atoms with Crippen molar-refractivity contribution in [3.8, 4) is 0 Å². The van der Waals surface area contributed by atoms with Crippen LogP contribution in [0.1, 0.15) is 44.3 Å². The average molecular weight is 283 g/mol. The van der Waals surface area contributed by atoms with Crippen molar-refractivity contribution in [3.05, 3.63) is 35.4 Å². The van der Waals surface area contributed by atoms with Crippen molar-refractivity contribution in [2.75, 3.05) is 14.1 Å². The van der Waals surface area contributed by atoms with E-state index in [0.717, 1.165) is 37.8 Å². The van der Waals surface area contributed by atoms with Crippen molar-refractivity contribution < 1.29 is 13.9 Å². The molecule has 0 radical (unpaired) electrons. The fourth-order valence-electron chi connectivity index (χ4n) is 3.22. The van der Waals surface area contributed by atoms with Gasteiger partial charge in [-0.3, -0.25) is 0 Å². The van der Waals surface area contributed by atoms with Gasteiger partial charge in [0, 0.05) is 0 Å². The van der Waals surface area contributed by atoms with Gasteiger partial charge in [0.25, 0.3) is 0 Å². The normalized spacial score (nSPS) is 28.6. The third-order valence-electron chi connectivity index (χ3n) is 4.80. The second-order valence-corrected chi connectivity index (χ2v) is 6.26. The molecule has 0 amide bonds. The molecule has 0 saturated heterocycles. The quantitative estimate of drug-likeness (QED) is 0.917. The van der Waals surface area contributed by atoms with Crippen LogP contribution in [0.3, 0.4) is 0 Å². The van der Waals surface area contributed by atoms with Gasteiger partial charge in [-0.2, -0.15) is 0 Å². The zero-order valence-electron chi connectivity index (χ0n) is 12.4. The number of aliphatic hydroxyl groups is 1. The maximum Gasteiger partial charge on any atom is 0.159 e. The Bertz CT molecular complexity index is 468. The molecule has 20 heavy (non-hydrogen) atoms. The summed E-state index contributed by atoms with van der Waals surface area (Å²) in [6.07, 6.45) is 3.00. The van der Waals surface area contributed by atoms with Gasteiger partial charge in [-0.1, -0.05) is 13.0 Å². The van der Waals surface area contributed by atoms with E-state index in [2.05, 4.69) is 6.92 Å². The first-order valence-electron chi connectivity index (χ1n) is 7.17. The molecule has 2 rings (SSSR count). The molecule has 1 unspecified atom stereocenters. The maximum absolute atomic E-state index is 13.4. The monoisotopic (exact) mass is 283 g/mol. The highest BCUT2D eigenvalue weighted by Crippen LogP contribution is 2.43. The van der Waals surface area contributed by atoms with Crippen LogP contribution in [-0.4, -0.2) is 29.6 Å². The molecule has 1 aliphatic rings. The Hall–Kier alpha value is -1.00. The van der Waals surface area contributed by atoms with Gasteiger partial charge in [-0.25, -0.2) is 8.78 Å². The second-order valence-electron chi connectivity index (χ2n) is 6.26. The third kappa shape index (κ3) is 2.72. The van der Waals surface area contributed by atoms with E-state index < -0.39 is 23.3 Å². The van der Waals surface area contributed by atoms with Crippen LogP contribution in [0.5, 0.6) is 0 Å². The Balaban J connectivity index is 2.31. The lowest BCUT2D eigenvalue weighted by atomic mass is 9.71. The molecule has 0 spiro atoms. The number of hydrogen-bond donors (Lipinski definition) is 1. The predicted molar refractivity (Wildman–Crippen MR) is 75.4 cm³/mol. The predicted octanol–water partition coefficient (Wildman–Crippen LogP) is 3.51. The van der Waals surface area contributed by atoms with Crippen molar-refractivity contribution in [1.29, 1.82) is 0 Å². The van der Waals surface area contributed by atoms with Crippen LogP contribution < -0.4 is 0 Å². The zero-order chi connectivity index (χ0) is 14.9. The van der Waals surface area contributed by atoms with Crippen LogP contribution in [-0.2, 0) is 0 Å². The first kappa shape index (κ1) is 15.4. The van der Waals surface area contributed by atoms with Gasteiger partial charge in [-0.15, -0.1) is 0 Å². The Kier molecular flexibility index (Phi) is 4.45. The van der Waals surface area contributed by atoms with Gasteiger partial charge in [0.15, 0.2) is 11.6 Å². The van der Waals surface area contributed by atoms with Gasteiger partial charge in [0.1, 0.15) is 0 Å². The van der Waals surface area contributed by atoms with Crippen LogP contribution in [0.2, 0.25) is 0 Å². The Morgan fingerprint density at radius 3 is 2.30 bits per heavy atom. The Morgan fingerprint density at radius 1 is 1.20 bits per heavy atom. The number of rotatable bonds is 3. The van der Waals surface area contributed by atoms with Gasteiger partial charge in [-0.05, 0) is 63.4 Å². The van der Waals surface area contributed by atoms with E-state index in [4.69, 9.17) is 0 Å². The number of benzene rings is 1. The minimum Gasteiger partial charge on any atom is -0.386 e. The molecule has 4 heteroatoms. The van der Waals surface area contributed by atoms with Crippen molar-refractivity contribution in [2.45, 2.75) is 44.2 Å². The number of aliphatic hydroxyl groups excluding tert-OH is 1. The Labute approximate surface area is 119 Å². The lowest BCUT2D eigenvalue weighted by Gasteiger charge is -2.47. The van der Waals surface area contributed by atoms with Gasteiger partial charge >= 0.3 is 0 Å². The van der Waals surface area contributed by atoms with Crippen molar-refractivity contribution in [1.82, 2.24) is 4.90 Å². The number of nitrogens with zero attached hydrogens (tertiary/aromatic N) is 1. The minimum absolute atomic E-state index is 0.392. The zero-order valence-corrected chi connectivity index (χ0v) is 12.4. The SMILES string of the molecule is CC1CCC(C(O)c2ccc(F)c(F)c2)(N(C)C)CC1. The second kappa shape index (κ2) is 5.78. The number of likely N-dealkylation sites (N-methyl/N-ethyl adjacent to an activating group) is 1. The summed E-state index contributed by atoms with van der Waals surface area (Å²) in [4.78, 5) is 2.03. The lowest BCUT2D eigenvalue weighted by Crippen LogP contribution is -2.51. The smallest absolute Gasteiger partial charge is 0.159 e. The fraction of sp³-hybridized carbons (Fsp3) is 0.625. The molecule has 0 aromatic heterocycles. The molecule has 0 bridgehead atoms. The number of hydrogen-bond acceptors (Lipinski definition) is 2. The standard InChI is InChI=1S/C16H23F2NO/c1-11-6-8-16(9-7-11,19(2)3)15(20)12-4-5-13(17)14(18)10-12/h4-5,10-11,15,20H,6-9H2,1-3H3. The molecule has 2 nitrogen and oxygen atoms in total. The molecular formula is C16H23F2NO. The summed E-state index contributed by atoms with van der Waals surface area (Å²) < 4.78 is 26.4. The summed E-state index contributed by atoms with van der Waals surface area (Å²) in [5.41, 5.74) is 0.0590. The van der Waals surface area contributed by atoms with Crippen molar-refractivity contribution in [2.24, 2.45) is 5.92 Å². The summed E-state index contributed by atoms with van der Waals surface area (Å²) in [5.74, 6) is -1.13. The molecule has 1 aromatic carbocycles. The molecule has 1 atom stereocenters. The maximum atomic E-state index is 13.4. The van der Waals surface area contributed by atoms with E-state index in [0.29, 0.717) is 11.5 Å². The van der Waals surface area contributed by atoms with Crippen LogP contribution in [0.4, 0.5) is 8.78 Å². The third-order valence-corrected chi connectivity index (χ3v) is 4.80. The van der Waals surface area contributed by atoms with Crippen molar-refractivity contribution in [3.63, 3.8) is 0 Å². The molecule has 1 fully saturated rings. The summed E-state index contributed by atoms with van der Waals surface area (Å²) in [7, 11) is 3.89. The molecule has 0 heterocycles. The van der Waals surface area contributed by atoms with Crippen LogP contribution in [0.15, 0.2) is 18.2 Å². The highest BCUT2D eigenvalue weighted by molar-refractivity contribution is 5.24. The molecule has 0 aliphatic heterocycles. The molecule has 1 saturated carbocycles. The minimum atomic E-state index is -0.903. The van der Waals surface area contributed by atoms with E-state index in [-0.39, 0.29) is 0 Å². The highest BCUT2D eigenvalue weighted by Gasteiger charge is 2.43. The van der Waals surface area contributed by atoms with Crippen LogP contribution in [0, 0.1) is 17.6 Å². The van der Waals surface area contributed by atoms with Gasteiger partial charge < -0.3 is 10.0 Å². The van der Waals surface area contributed by atoms with Crippen LogP contribution >= 0.6 is 0 Å².